The summed E-state index contributed by atoms with van der Waals surface area (Å²) < 4.78 is 0. The lowest BCUT2D eigenvalue weighted by Crippen LogP contribution is -2.05. The van der Waals surface area contributed by atoms with Gasteiger partial charge in [0.25, 0.3) is 0 Å². The molecule has 1 aliphatic rings. The van der Waals surface area contributed by atoms with E-state index >= 15 is 0 Å². The molecule has 1 heteroatoms. The Morgan fingerprint density at radius 1 is 1.55 bits per heavy atom. The normalized spacial score (nSPS) is 28.7. The van der Waals surface area contributed by atoms with E-state index in [0.29, 0.717) is 5.41 Å². The van der Waals surface area contributed by atoms with Gasteiger partial charge in [-0.1, -0.05) is 13.8 Å². The lowest BCUT2D eigenvalue weighted by atomic mass is 9.90. The highest BCUT2D eigenvalue weighted by molar-refractivity contribution is 5.49. The zero-order valence-corrected chi connectivity index (χ0v) is 7.60. The topological polar surface area (TPSA) is 17.1 Å². The first-order chi connectivity index (χ1) is 5.14. The fourth-order valence-electron chi connectivity index (χ4n) is 2.13. The molecule has 1 unspecified atom stereocenters. The van der Waals surface area contributed by atoms with Crippen molar-refractivity contribution in [2.75, 3.05) is 0 Å². The van der Waals surface area contributed by atoms with Gasteiger partial charge in [-0.3, -0.25) is 0 Å². The van der Waals surface area contributed by atoms with Gasteiger partial charge in [-0.2, -0.15) is 0 Å². The SMILES string of the molecule is CC1(C)CCC(CCC=O)C1. The Morgan fingerprint density at radius 2 is 2.27 bits per heavy atom. The van der Waals surface area contributed by atoms with Crippen LogP contribution in [0, 0.1) is 11.3 Å². The summed E-state index contributed by atoms with van der Waals surface area (Å²) in [5, 5.41) is 0. The van der Waals surface area contributed by atoms with Crippen LogP contribution in [0.25, 0.3) is 0 Å². The molecule has 0 N–H and O–H groups in total. The fourth-order valence-corrected chi connectivity index (χ4v) is 2.13. The molecule has 11 heavy (non-hydrogen) atoms. The Hall–Kier alpha value is -0.330. The van der Waals surface area contributed by atoms with Gasteiger partial charge in [0.05, 0.1) is 0 Å². The molecular formula is C10H18O. The van der Waals surface area contributed by atoms with Crippen molar-refractivity contribution in [1.29, 1.82) is 0 Å². The maximum absolute atomic E-state index is 10.1. The molecule has 0 saturated heterocycles. The van der Waals surface area contributed by atoms with Crippen LogP contribution in [0.15, 0.2) is 0 Å². The maximum atomic E-state index is 10.1. The van der Waals surface area contributed by atoms with Crippen LogP contribution in [0.2, 0.25) is 0 Å². The van der Waals surface area contributed by atoms with Gasteiger partial charge in [0, 0.05) is 6.42 Å². The van der Waals surface area contributed by atoms with E-state index in [0.717, 1.165) is 25.0 Å². The summed E-state index contributed by atoms with van der Waals surface area (Å²) in [5.74, 6) is 0.829. The molecule has 0 aromatic heterocycles. The Balaban J connectivity index is 2.24. The molecule has 0 bridgehead atoms. The number of carbonyl (C=O) groups is 1. The molecule has 0 radical (unpaired) electrons. The van der Waals surface area contributed by atoms with E-state index < -0.39 is 0 Å². The van der Waals surface area contributed by atoms with Crippen LogP contribution in [0.4, 0.5) is 0 Å². The summed E-state index contributed by atoms with van der Waals surface area (Å²) in [4.78, 5) is 10.1. The van der Waals surface area contributed by atoms with Crippen LogP contribution in [0.3, 0.4) is 0 Å². The molecule has 1 fully saturated rings. The van der Waals surface area contributed by atoms with E-state index in [1.807, 2.05) is 0 Å². The van der Waals surface area contributed by atoms with E-state index in [9.17, 15) is 4.79 Å². The lowest BCUT2D eigenvalue weighted by Gasteiger charge is -2.16. The zero-order valence-electron chi connectivity index (χ0n) is 7.60. The van der Waals surface area contributed by atoms with Crippen molar-refractivity contribution in [3.8, 4) is 0 Å². The van der Waals surface area contributed by atoms with Crippen molar-refractivity contribution < 1.29 is 4.79 Å². The predicted octanol–water partition coefficient (Wildman–Crippen LogP) is 2.79. The second-order valence-electron chi connectivity index (χ2n) is 4.52. The Kier molecular flexibility index (Phi) is 2.69. The van der Waals surface area contributed by atoms with Gasteiger partial charge in [0.15, 0.2) is 0 Å². The van der Waals surface area contributed by atoms with Gasteiger partial charge < -0.3 is 4.79 Å². The van der Waals surface area contributed by atoms with Crippen molar-refractivity contribution in [3.05, 3.63) is 0 Å². The first kappa shape index (κ1) is 8.76. The highest BCUT2D eigenvalue weighted by atomic mass is 16.1. The third-order valence-electron chi connectivity index (χ3n) is 2.76. The van der Waals surface area contributed by atoms with Gasteiger partial charge in [0.2, 0.25) is 0 Å². The van der Waals surface area contributed by atoms with Crippen LogP contribution in [0.1, 0.15) is 46.0 Å². The second-order valence-corrected chi connectivity index (χ2v) is 4.52. The molecule has 0 heterocycles. The molecule has 0 aromatic rings. The van der Waals surface area contributed by atoms with Crippen molar-refractivity contribution in [2.24, 2.45) is 11.3 Å². The minimum absolute atomic E-state index is 0.549. The molecule has 1 saturated carbocycles. The van der Waals surface area contributed by atoms with Crippen LogP contribution < -0.4 is 0 Å². The molecular weight excluding hydrogens is 136 g/mol. The highest BCUT2D eigenvalue weighted by Gasteiger charge is 2.29. The van der Waals surface area contributed by atoms with E-state index in [4.69, 9.17) is 0 Å². The molecule has 1 nitrogen and oxygen atoms in total. The minimum atomic E-state index is 0.549. The van der Waals surface area contributed by atoms with Gasteiger partial charge in [0.1, 0.15) is 6.29 Å². The van der Waals surface area contributed by atoms with Crippen LogP contribution in [0.5, 0.6) is 0 Å². The van der Waals surface area contributed by atoms with Gasteiger partial charge in [-0.15, -0.1) is 0 Å². The van der Waals surface area contributed by atoms with Gasteiger partial charge >= 0.3 is 0 Å². The highest BCUT2D eigenvalue weighted by Crippen LogP contribution is 2.42. The van der Waals surface area contributed by atoms with Crippen molar-refractivity contribution in [3.63, 3.8) is 0 Å². The number of aldehydes is 1. The monoisotopic (exact) mass is 154 g/mol. The summed E-state index contributed by atoms with van der Waals surface area (Å²) in [6.07, 6.45) is 6.93. The summed E-state index contributed by atoms with van der Waals surface area (Å²) in [6, 6.07) is 0. The average Bonchev–Trinajstić information content (AvgIpc) is 2.26. The molecule has 1 rings (SSSR count). The standard InChI is InChI=1S/C10H18O/c1-10(2)6-5-9(8-10)4-3-7-11/h7,9H,3-6,8H2,1-2H3. The smallest absolute Gasteiger partial charge is 0.120 e. The average molecular weight is 154 g/mol. The number of hydrogen-bond acceptors (Lipinski definition) is 1. The summed E-state index contributed by atoms with van der Waals surface area (Å²) in [6.45, 7) is 4.65. The van der Waals surface area contributed by atoms with Crippen molar-refractivity contribution >= 4 is 6.29 Å². The lowest BCUT2D eigenvalue weighted by molar-refractivity contribution is -0.108. The van der Waals surface area contributed by atoms with E-state index in [-0.39, 0.29) is 0 Å². The van der Waals surface area contributed by atoms with Crippen LogP contribution >= 0.6 is 0 Å². The summed E-state index contributed by atoms with van der Waals surface area (Å²) >= 11 is 0. The summed E-state index contributed by atoms with van der Waals surface area (Å²) in [7, 11) is 0. The van der Waals surface area contributed by atoms with Crippen LogP contribution in [-0.4, -0.2) is 6.29 Å². The second kappa shape index (κ2) is 3.38. The summed E-state index contributed by atoms with van der Waals surface area (Å²) in [5.41, 5.74) is 0.549. The van der Waals surface area contributed by atoms with E-state index in [1.54, 1.807) is 0 Å². The Bertz CT molecular complexity index is 138. The molecule has 0 amide bonds. The number of carbonyl (C=O) groups excluding carboxylic acids is 1. The fraction of sp³-hybridized carbons (Fsp3) is 0.900. The molecule has 1 aliphatic carbocycles. The first-order valence-electron chi connectivity index (χ1n) is 4.58. The third-order valence-corrected chi connectivity index (χ3v) is 2.76. The number of hydrogen-bond donors (Lipinski definition) is 0. The first-order valence-corrected chi connectivity index (χ1v) is 4.58. The molecule has 0 aliphatic heterocycles. The van der Waals surface area contributed by atoms with Crippen LogP contribution in [-0.2, 0) is 4.79 Å². The quantitative estimate of drug-likeness (QED) is 0.571. The largest absolute Gasteiger partial charge is 0.303 e. The molecule has 0 aromatic carbocycles. The van der Waals surface area contributed by atoms with Gasteiger partial charge in [-0.05, 0) is 37.0 Å². The van der Waals surface area contributed by atoms with E-state index in [1.165, 1.54) is 19.3 Å². The van der Waals surface area contributed by atoms with Gasteiger partial charge in [-0.25, -0.2) is 0 Å². The Labute approximate surface area is 69.2 Å². The Morgan fingerprint density at radius 3 is 2.73 bits per heavy atom. The molecule has 0 spiro atoms. The maximum Gasteiger partial charge on any atom is 0.120 e. The zero-order chi connectivity index (χ0) is 8.32. The minimum Gasteiger partial charge on any atom is -0.303 e. The van der Waals surface area contributed by atoms with E-state index in [2.05, 4.69) is 13.8 Å². The van der Waals surface area contributed by atoms with Crippen molar-refractivity contribution in [2.45, 2.75) is 46.0 Å². The predicted molar refractivity (Wildman–Crippen MR) is 46.4 cm³/mol. The molecule has 64 valence electrons. The number of rotatable bonds is 3. The third kappa shape index (κ3) is 2.64. The van der Waals surface area contributed by atoms with Crippen molar-refractivity contribution in [1.82, 2.24) is 0 Å². The molecule has 1 atom stereocenters.